The van der Waals surface area contributed by atoms with E-state index in [1.807, 2.05) is 42.5 Å². The summed E-state index contributed by atoms with van der Waals surface area (Å²) in [6.07, 6.45) is 0. The summed E-state index contributed by atoms with van der Waals surface area (Å²) in [6, 6.07) is 70.0. The summed E-state index contributed by atoms with van der Waals surface area (Å²) in [7, 11) is 0. The lowest BCUT2D eigenvalue weighted by Gasteiger charge is -2.12. The third kappa shape index (κ3) is 5.55. The molecule has 0 radical (unpaired) electrons. The van der Waals surface area contributed by atoms with Gasteiger partial charge in [-0.15, -0.1) is 0 Å². The van der Waals surface area contributed by atoms with E-state index < -0.39 is 0 Å². The first kappa shape index (κ1) is 33.3. The van der Waals surface area contributed by atoms with E-state index in [1.54, 1.807) is 0 Å². The van der Waals surface area contributed by atoms with Crippen molar-refractivity contribution in [3.8, 4) is 56.4 Å². The van der Waals surface area contributed by atoms with Crippen molar-refractivity contribution < 1.29 is 0 Å². The van der Waals surface area contributed by atoms with Crippen LogP contribution in [0.1, 0.15) is 0 Å². The number of hydrogen-bond donors (Lipinski definition) is 0. The van der Waals surface area contributed by atoms with Gasteiger partial charge < -0.3 is 4.57 Å². The molecule has 3 heterocycles. The van der Waals surface area contributed by atoms with E-state index >= 15 is 0 Å². The molecular weight excluding hydrogens is 707 g/mol. The molecule has 0 spiro atoms. The first-order valence-corrected chi connectivity index (χ1v) is 19.4. The van der Waals surface area contributed by atoms with Crippen molar-refractivity contribution in [1.82, 2.24) is 19.1 Å². The number of fused-ring (bicyclic) bond motifs is 6. The third-order valence-corrected chi connectivity index (χ3v) is 11.2. The Kier molecular flexibility index (Phi) is 7.80. The molecule has 8 aromatic carbocycles. The smallest absolute Gasteiger partial charge is 0.235 e. The summed E-state index contributed by atoms with van der Waals surface area (Å²) in [5.74, 6) is 0.614. The molecule has 0 saturated heterocycles. The summed E-state index contributed by atoms with van der Waals surface area (Å²) < 4.78 is 4.57. The molecule has 0 atom stereocenters. The Morgan fingerprint density at radius 1 is 0.345 bits per heavy atom. The lowest BCUT2D eigenvalue weighted by Crippen LogP contribution is -2.04. The molecule has 0 aliphatic carbocycles. The standard InChI is InChI=1S/C53H33N5/c1-54-41-28-24-36(25-29-41)35-20-22-38(23-21-35)48-34-47(37-12-4-2-5-13-37)55-53(56-48)58-50-19-11-9-17-44(50)46-32-39(27-31-51(46)58)40-26-30-45-43-16-8-10-18-49(43)57(52(45)33-40)42-14-6-3-7-15-42/h2-34H. The predicted molar refractivity (Wildman–Crippen MR) is 239 cm³/mol. The van der Waals surface area contributed by atoms with Crippen LogP contribution in [-0.4, -0.2) is 19.1 Å². The first-order chi connectivity index (χ1) is 28.7. The van der Waals surface area contributed by atoms with Gasteiger partial charge in [-0.1, -0.05) is 152 Å². The number of nitrogens with zero attached hydrogens (tertiary/aromatic N) is 5. The maximum absolute atomic E-state index is 7.31. The first-order valence-electron chi connectivity index (χ1n) is 19.4. The fourth-order valence-electron chi connectivity index (χ4n) is 8.37. The minimum atomic E-state index is 0.614. The monoisotopic (exact) mass is 739 g/mol. The number of benzene rings is 8. The van der Waals surface area contributed by atoms with Crippen LogP contribution in [0.2, 0.25) is 0 Å². The van der Waals surface area contributed by atoms with Gasteiger partial charge in [-0.2, -0.15) is 0 Å². The number of para-hydroxylation sites is 3. The van der Waals surface area contributed by atoms with Gasteiger partial charge >= 0.3 is 0 Å². The highest BCUT2D eigenvalue weighted by Crippen LogP contribution is 2.38. The number of hydrogen-bond acceptors (Lipinski definition) is 2. The van der Waals surface area contributed by atoms with Crippen molar-refractivity contribution in [2.45, 2.75) is 0 Å². The molecule has 0 fully saturated rings. The van der Waals surface area contributed by atoms with Gasteiger partial charge in [-0.05, 0) is 70.8 Å². The summed E-state index contributed by atoms with van der Waals surface area (Å²) in [5.41, 5.74) is 14.4. The van der Waals surface area contributed by atoms with Crippen LogP contribution < -0.4 is 0 Å². The van der Waals surface area contributed by atoms with E-state index in [2.05, 4.69) is 172 Å². The van der Waals surface area contributed by atoms with Gasteiger partial charge in [-0.25, -0.2) is 14.8 Å². The highest BCUT2D eigenvalue weighted by molar-refractivity contribution is 6.12. The summed E-state index contributed by atoms with van der Waals surface area (Å²) in [4.78, 5) is 14.1. The van der Waals surface area contributed by atoms with Crippen LogP contribution >= 0.6 is 0 Å². The van der Waals surface area contributed by atoms with Gasteiger partial charge in [0.2, 0.25) is 5.95 Å². The highest BCUT2D eigenvalue weighted by Gasteiger charge is 2.19. The van der Waals surface area contributed by atoms with Crippen molar-refractivity contribution >= 4 is 49.3 Å². The van der Waals surface area contributed by atoms with E-state index in [9.17, 15) is 0 Å². The van der Waals surface area contributed by atoms with Gasteiger partial charge in [0.05, 0.1) is 40.0 Å². The second-order valence-electron chi connectivity index (χ2n) is 14.5. The van der Waals surface area contributed by atoms with Crippen molar-refractivity contribution in [2.75, 3.05) is 0 Å². The van der Waals surface area contributed by atoms with E-state index in [-0.39, 0.29) is 0 Å². The molecule has 0 saturated carbocycles. The average molecular weight is 740 g/mol. The van der Waals surface area contributed by atoms with Crippen molar-refractivity contribution in [3.05, 3.63) is 212 Å². The van der Waals surface area contributed by atoms with Crippen LogP contribution in [0.25, 0.3) is 105 Å². The minimum absolute atomic E-state index is 0.614. The Morgan fingerprint density at radius 3 is 1.52 bits per heavy atom. The van der Waals surface area contributed by atoms with Crippen molar-refractivity contribution in [2.24, 2.45) is 0 Å². The molecule has 0 bridgehead atoms. The van der Waals surface area contributed by atoms with E-state index in [0.717, 1.165) is 72.3 Å². The number of rotatable bonds is 6. The van der Waals surface area contributed by atoms with Gasteiger partial charge in [0, 0.05) is 38.4 Å². The summed E-state index contributed by atoms with van der Waals surface area (Å²) >= 11 is 0. The molecule has 0 N–H and O–H groups in total. The molecule has 11 aromatic rings. The Balaban J connectivity index is 1.07. The van der Waals surface area contributed by atoms with Crippen molar-refractivity contribution in [3.63, 3.8) is 0 Å². The molecular formula is C53H33N5. The van der Waals surface area contributed by atoms with Crippen molar-refractivity contribution in [1.29, 1.82) is 0 Å². The van der Waals surface area contributed by atoms with Crippen LogP contribution in [0.3, 0.4) is 0 Å². The Labute approximate surface area is 335 Å². The van der Waals surface area contributed by atoms with Gasteiger partial charge in [0.1, 0.15) is 0 Å². The van der Waals surface area contributed by atoms with Crippen LogP contribution in [0.15, 0.2) is 200 Å². The molecule has 3 aromatic heterocycles. The SMILES string of the molecule is [C-]#[N+]c1ccc(-c2ccc(-c3cc(-c4ccccc4)nc(-n4c5ccccc5c5cc(-c6ccc7c8ccccc8n(-c8ccccc8)c7c6)ccc54)n3)cc2)cc1. The molecule has 5 nitrogen and oxygen atoms in total. The molecule has 5 heteroatoms. The summed E-state index contributed by atoms with van der Waals surface area (Å²) in [5, 5.41) is 4.76. The normalized spacial score (nSPS) is 11.4. The fraction of sp³-hybridized carbons (Fsp3) is 0. The fourth-order valence-corrected chi connectivity index (χ4v) is 8.37. The predicted octanol–water partition coefficient (Wildman–Crippen LogP) is 13.9. The van der Waals surface area contributed by atoms with Crippen LogP contribution in [0.4, 0.5) is 5.69 Å². The topological polar surface area (TPSA) is 40.0 Å². The Bertz CT molecular complexity index is 3370. The third-order valence-electron chi connectivity index (χ3n) is 11.2. The zero-order chi connectivity index (χ0) is 38.6. The Morgan fingerprint density at radius 2 is 0.828 bits per heavy atom. The van der Waals surface area contributed by atoms with E-state index in [1.165, 1.54) is 21.8 Å². The van der Waals surface area contributed by atoms with E-state index in [4.69, 9.17) is 16.5 Å². The lowest BCUT2D eigenvalue weighted by molar-refractivity contribution is 0.995. The molecule has 11 rings (SSSR count). The lowest BCUT2D eigenvalue weighted by atomic mass is 10.0. The molecule has 0 amide bonds. The van der Waals surface area contributed by atoms with Gasteiger partial charge in [0.15, 0.2) is 5.69 Å². The van der Waals surface area contributed by atoms with Crippen LogP contribution in [0.5, 0.6) is 0 Å². The molecule has 0 aliphatic heterocycles. The second kappa shape index (κ2) is 13.6. The maximum atomic E-state index is 7.31. The van der Waals surface area contributed by atoms with Gasteiger partial charge in [0.25, 0.3) is 0 Å². The molecule has 270 valence electrons. The Hall–Kier alpha value is -8.07. The van der Waals surface area contributed by atoms with Crippen LogP contribution in [0, 0.1) is 6.57 Å². The zero-order valence-corrected chi connectivity index (χ0v) is 31.3. The van der Waals surface area contributed by atoms with Gasteiger partial charge in [-0.3, -0.25) is 4.57 Å². The quantitative estimate of drug-likeness (QED) is 0.159. The molecule has 58 heavy (non-hydrogen) atoms. The average Bonchev–Trinajstić information content (AvgIpc) is 3.82. The largest absolute Gasteiger partial charge is 0.309 e. The zero-order valence-electron chi connectivity index (χ0n) is 31.3. The molecule has 0 aliphatic rings. The molecule has 0 unspecified atom stereocenters. The summed E-state index contributed by atoms with van der Waals surface area (Å²) in [6.45, 7) is 7.31. The maximum Gasteiger partial charge on any atom is 0.235 e. The minimum Gasteiger partial charge on any atom is -0.309 e. The second-order valence-corrected chi connectivity index (χ2v) is 14.5. The number of aromatic nitrogens is 4. The van der Waals surface area contributed by atoms with E-state index in [0.29, 0.717) is 11.6 Å². The highest BCUT2D eigenvalue weighted by atomic mass is 15.2. The van der Waals surface area contributed by atoms with Crippen LogP contribution in [-0.2, 0) is 0 Å².